The maximum absolute atomic E-state index is 11.6. The van der Waals surface area contributed by atoms with E-state index < -0.39 is 6.10 Å². The summed E-state index contributed by atoms with van der Waals surface area (Å²) in [6.45, 7) is 0. The normalized spacial score (nSPS) is 18.3. The number of aliphatic imine (C=N–C) groups is 1. The molecule has 19 heavy (non-hydrogen) atoms. The Morgan fingerprint density at radius 3 is 2.63 bits per heavy atom. The van der Waals surface area contributed by atoms with Crippen LogP contribution in [0.5, 0.6) is 5.75 Å². The van der Waals surface area contributed by atoms with Gasteiger partial charge in [-0.25, -0.2) is 0 Å². The zero-order valence-corrected chi connectivity index (χ0v) is 10.3. The number of hydrogen-bond donors (Lipinski definition) is 1. The smallest absolute Gasteiger partial charge is 0.296 e. The van der Waals surface area contributed by atoms with Gasteiger partial charge in [-0.1, -0.05) is 18.2 Å². The van der Waals surface area contributed by atoms with Crippen LogP contribution in [0.15, 0.2) is 41.4 Å². The van der Waals surface area contributed by atoms with E-state index in [0.29, 0.717) is 0 Å². The summed E-state index contributed by atoms with van der Waals surface area (Å²) in [6.07, 6.45) is -0.730. The summed E-state index contributed by atoms with van der Waals surface area (Å²) in [6, 6.07) is 11.3. The van der Waals surface area contributed by atoms with Crippen molar-refractivity contribution in [3.63, 3.8) is 0 Å². The van der Waals surface area contributed by atoms with E-state index in [-0.39, 0.29) is 11.9 Å². The third-order valence-electron chi connectivity index (χ3n) is 3.06. The van der Waals surface area contributed by atoms with Crippen molar-refractivity contribution in [2.24, 2.45) is 10.7 Å². The van der Waals surface area contributed by atoms with Crippen molar-refractivity contribution in [1.29, 1.82) is 0 Å². The third kappa shape index (κ3) is 1.99. The number of rotatable bonds is 2. The molecule has 1 unspecified atom stereocenters. The molecule has 5 heteroatoms. The van der Waals surface area contributed by atoms with Crippen LogP contribution in [-0.2, 0) is 9.53 Å². The Labute approximate surface area is 109 Å². The zero-order chi connectivity index (χ0) is 13.4. The number of nitrogens with two attached hydrogens (primary N) is 1. The molecule has 0 saturated heterocycles. The number of amides is 1. The maximum Gasteiger partial charge on any atom is 0.296 e. The van der Waals surface area contributed by atoms with Gasteiger partial charge in [0.25, 0.3) is 11.9 Å². The number of carbonyl (C=O) groups excluding carboxylic acids is 1. The zero-order valence-electron chi connectivity index (χ0n) is 10.3. The van der Waals surface area contributed by atoms with Crippen LogP contribution >= 0.6 is 0 Å². The Balaban J connectivity index is 2.01. The second kappa shape index (κ2) is 4.28. The van der Waals surface area contributed by atoms with Gasteiger partial charge in [0.15, 0.2) is 0 Å². The highest BCUT2D eigenvalue weighted by molar-refractivity contribution is 5.99. The summed E-state index contributed by atoms with van der Waals surface area (Å²) in [5.41, 5.74) is 6.14. The minimum atomic E-state index is -0.730. The fraction of sp³-hybridized carbons (Fsp3) is 0.143. The molecule has 5 nitrogen and oxygen atoms in total. The van der Waals surface area contributed by atoms with Gasteiger partial charge in [0.05, 0.1) is 7.11 Å². The lowest BCUT2D eigenvalue weighted by Crippen LogP contribution is -2.13. The first kappa shape index (κ1) is 11.5. The molecule has 0 saturated carbocycles. The molecular weight excluding hydrogens is 244 g/mol. The summed E-state index contributed by atoms with van der Waals surface area (Å²) in [5.74, 6) is 0.423. The standard InChI is InChI=1S/C14H12N2O3/c1-18-11-5-4-8-6-10(3-2-9(8)7-11)12-13(17)16-14(15)19-12/h2-7,12H,1H3,(H2,15,16,17). The molecule has 0 bridgehead atoms. The summed E-state index contributed by atoms with van der Waals surface area (Å²) in [7, 11) is 1.63. The van der Waals surface area contributed by atoms with Crippen LogP contribution in [0.2, 0.25) is 0 Å². The number of ether oxygens (including phenoxy) is 2. The van der Waals surface area contributed by atoms with E-state index in [2.05, 4.69) is 4.99 Å². The number of carbonyl (C=O) groups is 1. The van der Waals surface area contributed by atoms with Crippen molar-refractivity contribution in [1.82, 2.24) is 0 Å². The number of fused-ring (bicyclic) bond motifs is 1. The van der Waals surface area contributed by atoms with Crippen LogP contribution in [0, 0.1) is 0 Å². The van der Waals surface area contributed by atoms with Crippen molar-refractivity contribution in [2.45, 2.75) is 6.10 Å². The van der Waals surface area contributed by atoms with Gasteiger partial charge in [-0.15, -0.1) is 0 Å². The Morgan fingerprint density at radius 1 is 1.21 bits per heavy atom. The highest BCUT2D eigenvalue weighted by Crippen LogP contribution is 2.28. The molecule has 1 aliphatic heterocycles. The molecule has 0 aliphatic carbocycles. The van der Waals surface area contributed by atoms with Crippen molar-refractivity contribution >= 4 is 22.7 Å². The first-order chi connectivity index (χ1) is 9.17. The van der Waals surface area contributed by atoms with Gasteiger partial charge in [-0.3, -0.25) is 4.79 Å². The molecule has 96 valence electrons. The molecule has 2 N–H and O–H groups in total. The minimum absolute atomic E-state index is 0.0789. The van der Waals surface area contributed by atoms with E-state index in [1.54, 1.807) is 7.11 Å². The number of hydrogen-bond acceptors (Lipinski definition) is 4. The average Bonchev–Trinajstić information content (AvgIpc) is 2.76. The molecule has 0 aromatic heterocycles. The molecule has 2 aromatic rings. The molecule has 2 aromatic carbocycles. The monoisotopic (exact) mass is 256 g/mol. The summed E-state index contributed by atoms with van der Waals surface area (Å²) in [4.78, 5) is 15.2. The van der Waals surface area contributed by atoms with Crippen molar-refractivity contribution in [3.05, 3.63) is 42.0 Å². The summed E-state index contributed by atoms with van der Waals surface area (Å²) in [5, 5.41) is 2.03. The van der Waals surface area contributed by atoms with E-state index in [0.717, 1.165) is 22.1 Å². The molecule has 1 amide bonds. The van der Waals surface area contributed by atoms with Crippen LogP contribution in [0.3, 0.4) is 0 Å². The second-order valence-electron chi connectivity index (χ2n) is 4.26. The highest BCUT2D eigenvalue weighted by Gasteiger charge is 2.29. The number of benzene rings is 2. The molecule has 1 atom stereocenters. The predicted molar refractivity (Wildman–Crippen MR) is 71.0 cm³/mol. The van der Waals surface area contributed by atoms with E-state index in [1.165, 1.54) is 0 Å². The highest BCUT2D eigenvalue weighted by atomic mass is 16.5. The fourth-order valence-corrected chi connectivity index (χ4v) is 2.11. The lowest BCUT2D eigenvalue weighted by molar-refractivity contribution is -0.122. The second-order valence-corrected chi connectivity index (χ2v) is 4.26. The topological polar surface area (TPSA) is 73.9 Å². The van der Waals surface area contributed by atoms with Gasteiger partial charge in [-0.2, -0.15) is 4.99 Å². The lowest BCUT2D eigenvalue weighted by atomic mass is 10.0. The van der Waals surface area contributed by atoms with Crippen molar-refractivity contribution in [3.8, 4) is 5.75 Å². The molecular formula is C14H12N2O3. The summed E-state index contributed by atoms with van der Waals surface area (Å²) < 4.78 is 10.4. The predicted octanol–water partition coefficient (Wildman–Crippen LogP) is 1.76. The number of methoxy groups -OCH3 is 1. The average molecular weight is 256 g/mol. The van der Waals surface area contributed by atoms with Crippen LogP contribution in [0.25, 0.3) is 10.8 Å². The van der Waals surface area contributed by atoms with Crippen molar-refractivity contribution in [2.75, 3.05) is 7.11 Å². The fourth-order valence-electron chi connectivity index (χ4n) is 2.11. The van der Waals surface area contributed by atoms with E-state index in [1.807, 2.05) is 36.4 Å². The van der Waals surface area contributed by atoms with Gasteiger partial charge < -0.3 is 15.2 Å². The first-order valence-electron chi connectivity index (χ1n) is 5.80. The van der Waals surface area contributed by atoms with E-state index >= 15 is 0 Å². The molecule has 0 radical (unpaired) electrons. The Kier molecular flexibility index (Phi) is 2.59. The van der Waals surface area contributed by atoms with Crippen LogP contribution < -0.4 is 10.5 Å². The van der Waals surface area contributed by atoms with Gasteiger partial charge in [0.2, 0.25) is 6.10 Å². The molecule has 3 rings (SSSR count). The van der Waals surface area contributed by atoms with Gasteiger partial charge in [-0.05, 0) is 29.0 Å². The van der Waals surface area contributed by atoms with Crippen molar-refractivity contribution < 1.29 is 14.3 Å². The van der Waals surface area contributed by atoms with E-state index in [9.17, 15) is 4.79 Å². The van der Waals surface area contributed by atoms with E-state index in [4.69, 9.17) is 15.2 Å². The Bertz CT molecular complexity index is 694. The quantitative estimate of drug-likeness (QED) is 0.888. The number of amidine groups is 1. The first-order valence-corrected chi connectivity index (χ1v) is 5.80. The molecule has 1 aliphatic rings. The molecule has 1 heterocycles. The SMILES string of the molecule is COc1ccc2cc(C3OC(N)=NC3=O)ccc2c1. The van der Waals surface area contributed by atoms with Crippen LogP contribution in [-0.4, -0.2) is 19.0 Å². The Morgan fingerprint density at radius 2 is 1.95 bits per heavy atom. The lowest BCUT2D eigenvalue weighted by Gasteiger charge is -2.10. The van der Waals surface area contributed by atoms with Crippen LogP contribution in [0.4, 0.5) is 0 Å². The Hall–Kier alpha value is -2.56. The van der Waals surface area contributed by atoms with Crippen LogP contribution in [0.1, 0.15) is 11.7 Å². The van der Waals surface area contributed by atoms with Gasteiger partial charge >= 0.3 is 0 Å². The van der Waals surface area contributed by atoms with Gasteiger partial charge in [0, 0.05) is 5.56 Å². The minimum Gasteiger partial charge on any atom is -0.497 e. The van der Waals surface area contributed by atoms with Gasteiger partial charge in [0.1, 0.15) is 5.75 Å². The largest absolute Gasteiger partial charge is 0.497 e. The number of nitrogens with zero attached hydrogens (tertiary/aromatic N) is 1. The summed E-state index contributed by atoms with van der Waals surface area (Å²) >= 11 is 0. The molecule has 0 spiro atoms. The molecule has 0 fully saturated rings. The third-order valence-corrected chi connectivity index (χ3v) is 3.06. The maximum atomic E-state index is 11.6.